The highest BCUT2D eigenvalue weighted by molar-refractivity contribution is 5.52. The second-order valence-electron chi connectivity index (χ2n) is 5.18. The minimum atomic E-state index is 0.312. The summed E-state index contributed by atoms with van der Waals surface area (Å²) < 4.78 is 5.14. The molecule has 0 unspecified atom stereocenters. The van der Waals surface area contributed by atoms with Crippen molar-refractivity contribution in [1.29, 1.82) is 0 Å². The van der Waals surface area contributed by atoms with E-state index in [0.29, 0.717) is 11.3 Å². The average molecular weight is 216 g/mol. The van der Waals surface area contributed by atoms with Crippen LogP contribution in [0.3, 0.4) is 0 Å². The molecule has 0 spiro atoms. The quantitative estimate of drug-likeness (QED) is 0.773. The predicted octanol–water partition coefficient (Wildman–Crippen LogP) is 3.33. The number of nitrogens with zero attached hydrogens (tertiary/aromatic N) is 2. The Morgan fingerprint density at radius 2 is 1.81 bits per heavy atom. The fourth-order valence-electron chi connectivity index (χ4n) is 1.68. The zero-order valence-corrected chi connectivity index (χ0v) is 9.90. The molecule has 3 heteroatoms. The van der Waals surface area contributed by atoms with Crippen molar-refractivity contribution in [3.8, 4) is 11.5 Å². The highest BCUT2D eigenvalue weighted by atomic mass is 16.4. The number of hydrogen-bond donors (Lipinski definition) is 0. The van der Waals surface area contributed by atoms with Crippen LogP contribution in [0.5, 0.6) is 0 Å². The summed E-state index contributed by atoms with van der Waals surface area (Å²) in [6, 6.07) is 8.28. The molecular weight excluding hydrogens is 200 g/mol. The van der Waals surface area contributed by atoms with Crippen LogP contribution in [-0.2, 0) is 6.42 Å². The van der Waals surface area contributed by atoms with E-state index in [2.05, 4.69) is 43.1 Å². The Morgan fingerprint density at radius 3 is 2.31 bits per heavy atom. The lowest BCUT2D eigenvalue weighted by molar-refractivity contribution is 0.411. The van der Waals surface area contributed by atoms with Crippen LogP contribution < -0.4 is 0 Å². The molecule has 0 bridgehead atoms. The number of benzene rings is 1. The van der Waals surface area contributed by atoms with Gasteiger partial charge in [0, 0.05) is 5.56 Å². The summed E-state index contributed by atoms with van der Waals surface area (Å²) >= 11 is 0. The molecular formula is C13H16N2O. The largest absolute Gasteiger partial charge is 0.423 e. The third kappa shape index (κ3) is 2.69. The van der Waals surface area contributed by atoms with Gasteiger partial charge < -0.3 is 4.42 Å². The van der Waals surface area contributed by atoms with Crippen LogP contribution in [0.4, 0.5) is 0 Å². The highest BCUT2D eigenvalue weighted by Crippen LogP contribution is 2.23. The van der Waals surface area contributed by atoms with Crippen LogP contribution in [0.2, 0.25) is 0 Å². The van der Waals surface area contributed by atoms with Gasteiger partial charge in [0.05, 0.1) is 0 Å². The third-order valence-corrected chi connectivity index (χ3v) is 2.30. The molecule has 0 aliphatic rings. The monoisotopic (exact) mass is 216 g/mol. The SMILES string of the molecule is CC(C)(C)Cc1ccc(-c2nnco2)cc1. The van der Waals surface area contributed by atoms with E-state index in [1.54, 1.807) is 0 Å². The topological polar surface area (TPSA) is 38.9 Å². The minimum absolute atomic E-state index is 0.312. The van der Waals surface area contributed by atoms with Crippen molar-refractivity contribution < 1.29 is 4.42 Å². The molecule has 2 rings (SSSR count). The van der Waals surface area contributed by atoms with E-state index in [9.17, 15) is 0 Å². The number of rotatable bonds is 2. The van der Waals surface area contributed by atoms with Gasteiger partial charge in [-0.1, -0.05) is 32.9 Å². The summed E-state index contributed by atoms with van der Waals surface area (Å²) in [6.45, 7) is 6.71. The third-order valence-electron chi connectivity index (χ3n) is 2.30. The van der Waals surface area contributed by atoms with Crippen LogP contribution in [0.25, 0.3) is 11.5 Å². The molecule has 0 aliphatic heterocycles. The Labute approximate surface area is 95.5 Å². The molecule has 16 heavy (non-hydrogen) atoms. The summed E-state index contributed by atoms with van der Waals surface area (Å²) in [5, 5.41) is 7.54. The molecule has 0 N–H and O–H groups in total. The number of aromatic nitrogens is 2. The van der Waals surface area contributed by atoms with Gasteiger partial charge in [-0.25, -0.2) is 0 Å². The Hall–Kier alpha value is -1.64. The van der Waals surface area contributed by atoms with Crippen LogP contribution in [0.1, 0.15) is 26.3 Å². The van der Waals surface area contributed by atoms with Gasteiger partial charge in [-0.2, -0.15) is 0 Å². The lowest BCUT2D eigenvalue weighted by Gasteiger charge is -2.17. The van der Waals surface area contributed by atoms with Gasteiger partial charge in [-0.3, -0.25) is 0 Å². The second-order valence-corrected chi connectivity index (χ2v) is 5.18. The smallest absolute Gasteiger partial charge is 0.247 e. The molecule has 3 nitrogen and oxygen atoms in total. The molecule has 0 atom stereocenters. The van der Waals surface area contributed by atoms with Gasteiger partial charge in [0.1, 0.15) is 0 Å². The molecule has 0 fully saturated rings. The average Bonchev–Trinajstić information content (AvgIpc) is 2.69. The normalized spacial score (nSPS) is 11.7. The molecule has 0 saturated carbocycles. The Kier molecular flexibility index (Phi) is 2.77. The van der Waals surface area contributed by atoms with Crippen LogP contribution >= 0.6 is 0 Å². The molecule has 0 amide bonds. The Balaban J connectivity index is 2.17. The van der Waals surface area contributed by atoms with Gasteiger partial charge in [-0.05, 0) is 29.5 Å². The van der Waals surface area contributed by atoms with Crippen LogP contribution in [0.15, 0.2) is 35.1 Å². The molecule has 0 saturated heterocycles. The molecule has 2 aromatic rings. The van der Waals surface area contributed by atoms with E-state index in [1.165, 1.54) is 12.0 Å². The zero-order valence-electron chi connectivity index (χ0n) is 9.90. The van der Waals surface area contributed by atoms with E-state index >= 15 is 0 Å². The van der Waals surface area contributed by atoms with Crippen molar-refractivity contribution in [1.82, 2.24) is 10.2 Å². The second kappa shape index (κ2) is 4.08. The maximum absolute atomic E-state index is 5.14. The van der Waals surface area contributed by atoms with Gasteiger partial charge >= 0.3 is 0 Å². The maximum atomic E-state index is 5.14. The summed E-state index contributed by atoms with van der Waals surface area (Å²) in [7, 11) is 0. The van der Waals surface area contributed by atoms with Gasteiger partial charge in [-0.15, -0.1) is 10.2 Å². The highest BCUT2D eigenvalue weighted by Gasteiger charge is 2.11. The van der Waals surface area contributed by atoms with E-state index in [-0.39, 0.29) is 0 Å². The van der Waals surface area contributed by atoms with Crippen molar-refractivity contribution in [2.75, 3.05) is 0 Å². The van der Waals surface area contributed by atoms with Crippen molar-refractivity contribution in [3.63, 3.8) is 0 Å². The first-order chi connectivity index (χ1) is 7.54. The fourth-order valence-corrected chi connectivity index (χ4v) is 1.68. The first kappa shape index (κ1) is 10.9. The van der Waals surface area contributed by atoms with Crippen molar-refractivity contribution in [2.24, 2.45) is 5.41 Å². The summed E-state index contributed by atoms with van der Waals surface area (Å²) in [6.07, 6.45) is 2.41. The Morgan fingerprint density at radius 1 is 1.12 bits per heavy atom. The van der Waals surface area contributed by atoms with E-state index in [0.717, 1.165) is 12.0 Å². The van der Waals surface area contributed by atoms with E-state index in [4.69, 9.17) is 4.42 Å². The van der Waals surface area contributed by atoms with Gasteiger partial charge in [0.2, 0.25) is 12.3 Å². The molecule has 1 aromatic carbocycles. The van der Waals surface area contributed by atoms with Crippen molar-refractivity contribution >= 4 is 0 Å². The molecule has 84 valence electrons. The summed E-state index contributed by atoms with van der Waals surface area (Å²) in [5.74, 6) is 0.572. The van der Waals surface area contributed by atoms with Crippen LogP contribution in [-0.4, -0.2) is 10.2 Å². The molecule has 1 aromatic heterocycles. The summed E-state index contributed by atoms with van der Waals surface area (Å²) in [4.78, 5) is 0. The standard InChI is InChI=1S/C13H16N2O/c1-13(2,3)8-10-4-6-11(7-5-10)12-15-14-9-16-12/h4-7,9H,8H2,1-3H3. The fraction of sp³-hybridized carbons (Fsp3) is 0.385. The van der Waals surface area contributed by atoms with Crippen molar-refractivity contribution in [2.45, 2.75) is 27.2 Å². The lowest BCUT2D eigenvalue weighted by Crippen LogP contribution is -2.08. The number of hydrogen-bond acceptors (Lipinski definition) is 3. The Bertz CT molecular complexity index is 438. The molecule has 0 aliphatic carbocycles. The van der Waals surface area contributed by atoms with Gasteiger partial charge in [0.25, 0.3) is 0 Å². The summed E-state index contributed by atoms with van der Waals surface area (Å²) in [5.41, 5.74) is 2.61. The van der Waals surface area contributed by atoms with E-state index < -0.39 is 0 Å². The lowest BCUT2D eigenvalue weighted by atomic mass is 9.88. The zero-order chi connectivity index (χ0) is 11.6. The predicted molar refractivity (Wildman–Crippen MR) is 62.9 cm³/mol. The van der Waals surface area contributed by atoms with Crippen LogP contribution in [0, 0.1) is 5.41 Å². The first-order valence-corrected chi connectivity index (χ1v) is 5.40. The molecule has 0 radical (unpaired) electrons. The molecule has 1 heterocycles. The maximum Gasteiger partial charge on any atom is 0.247 e. The van der Waals surface area contributed by atoms with Crippen molar-refractivity contribution in [3.05, 3.63) is 36.2 Å². The minimum Gasteiger partial charge on any atom is -0.423 e. The van der Waals surface area contributed by atoms with E-state index in [1.807, 2.05) is 12.1 Å². The van der Waals surface area contributed by atoms with Gasteiger partial charge in [0.15, 0.2) is 0 Å². The first-order valence-electron chi connectivity index (χ1n) is 5.40.